The first-order valence-electron chi connectivity index (χ1n) is 7.64. The van der Waals surface area contributed by atoms with Crippen molar-refractivity contribution in [2.24, 2.45) is 23.5 Å². The average Bonchev–Trinajstić information content (AvgIpc) is 3.19. The molecule has 2 aliphatic rings. The molecule has 0 amide bonds. The molecule has 0 saturated heterocycles. The quantitative estimate of drug-likeness (QED) is 0.883. The van der Waals surface area contributed by atoms with Gasteiger partial charge < -0.3 is 10.5 Å². The summed E-state index contributed by atoms with van der Waals surface area (Å²) >= 11 is 0. The van der Waals surface area contributed by atoms with Gasteiger partial charge in [-0.05, 0) is 48.6 Å². The summed E-state index contributed by atoms with van der Waals surface area (Å²) in [7, 11) is 0. The maximum absolute atomic E-state index is 6.46. The second kappa shape index (κ2) is 5.49. The summed E-state index contributed by atoms with van der Waals surface area (Å²) < 4.78 is 5.65. The Bertz CT molecular complexity index is 423. The van der Waals surface area contributed by atoms with Crippen molar-refractivity contribution < 1.29 is 4.74 Å². The van der Waals surface area contributed by atoms with Crippen molar-refractivity contribution in [2.45, 2.75) is 45.1 Å². The van der Waals surface area contributed by atoms with E-state index < -0.39 is 0 Å². The number of aromatic nitrogens is 1. The predicted molar refractivity (Wildman–Crippen MR) is 75.9 cm³/mol. The summed E-state index contributed by atoms with van der Waals surface area (Å²) in [6.45, 7) is 2.85. The molecule has 0 aromatic carbocycles. The Kier molecular flexibility index (Phi) is 3.74. The highest BCUT2D eigenvalue weighted by molar-refractivity contribution is 5.28. The minimum absolute atomic E-state index is 0.144. The number of pyridine rings is 1. The van der Waals surface area contributed by atoms with Gasteiger partial charge in [-0.1, -0.05) is 19.8 Å². The topological polar surface area (TPSA) is 48.1 Å². The van der Waals surface area contributed by atoms with Crippen LogP contribution in [0.25, 0.3) is 0 Å². The largest absolute Gasteiger partial charge is 0.492 e. The molecule has 3 rings (SSSR count). The van der Waals surface area contributed by atoms with Gasteiger partial charge in [-0.25, -0.2) is 0 Å². The Morgan fingerprint density at radius 1 is 1.32 bits per heavy atom. The molecule has 3 atom stereocenters. The van der Waals surface area contributed by atoms with E-state index >= 15 is 0 Å². The van der Waals surface area contributed by atoms with Gasteiger partial charge >= 0.3 is 0 Å². The van der Waals surface area contributed by atoms with Gasteiger partial charge in [0.1, 0.15) is 5.75 Å². The van der Waals surface area contributed by atoms with Gasteiger partial charge in [0, 0.05) is 12.2 Å². The molecule has 2 N–H and O–H groups in total. The van der Waals surface area contributed by atoms with Gasteiger partial charge in [-0.3, -0.25) is 4.98 Å². The fraction of sp³-hybridized carbons (Fsp3) is 0.688. The van der Waals surface area contributed by atoms with E-state index in [9.17, 15) is 0 Å². The van der Waals surface area contributed by atoms with Crippen LogP contribution in [0.5, 0.6) is 5.75 Å². The summed E-state index contributed by atoms with van der Waals surface area (Å²) in [5, 5.41) is 0. The number of nitrogens with two attached hydrogens (primary N) is 1. The molecule has 1 heterocycles. The number of nitrogens with zero attached hydrogens (tertiary/aromatic N) is 1. The highest BCUT2D eigenvalue weighted by Crippen LogP contribution is 2.59. The first kappa shape index (κ1) is 12.9. The van der Waals surface area contributed by atoms with E-state index in [2.05, 4.69) is 18.0 Å². The molecule has 0 aliphatic heterocycles. The SMILES string of the molecule is CCCOc1cncc(C(N)C2C3CCCCC32)c1. The fourth-order valence-corrected chi connectivity index (χ4v) is 3.72. The molecule has 0 radical (unpaired) electrons. The van der Waals surface area contributed by atoms with Crippen LogP contribution in [0.3, 0.4) is 0 Å². The van der Waals surface area contributed by atoms with Crippen LogP contribution in [0.2, 0.25) is 0 Å². The lowest BCUT2D eigenvalue weighted by molar-refractivity contribution is 0.315. The van der Waals surface area contributed by atoms with Crippen LogP contribution >= 0.6 is 0 Å². The molecule has 0 spiro atoms. The van der Waals surface area contributed by atoms with Crippen molar-refractivity contribution in [3.8, 4) is 5.75 Å². The Hall–Kier alpha value is -1.09. The van der Waals surface area contributed by atoms with Crippen LogP contribution in [0.1, 0.15) is 50.6 Å². The van der Waals surface area contributed by atoms with E-state index in [4.69, 9.17) is 10.5 Å². The van der Waals surface area contributed by atoms with E-state index in [0.29, 0.717) is 5.92 Å². The van der Waals surface area contributed by atoms with E-state index in [1.54, 1.807) is 6.20 Å². The summed E-state index contributed by atoms with van der Waals surface area (Å²) in [5.74, 6) is 3.30. The summed E-state index contributed by atoms with van der Waals surface area (Å²) in [4.78, 5) is 4.28. The average molecular weight is 260 g/mol. The monoisotopic (exact) mass is 260 g/mol. The molecule has 3 nitrogen and oxygen atoms in total. The van der Waals surface area contributed by atoms with Gasteiger partial charge in [0.25, 0.3) is 0 Å². The van der Waals surface area contributed by atoms with Gasteiger partial charge in [-0.15, -0.1) is 0 Å². The molecule has 1 aromatic rings. The van der Waals surface area contributed by atoms with Gasteiger partial charge in [0.2, 0.25) is 0 Å². The number of ether oxygens (including phenoxy) is 1. The van der Waals surface area contributed by atoms with Crippen molar-refractivity contribution in [2.75, 3.05) is 6.61 Å². The van der Waals surface area contributed by atoms with Crippen LogP contribution < -0.4 is 10.5 Å². The van der Waals surface area contributed by atoms with Crippen LogP contribution in [-0.4, -0.2) is 11.6 Å². The van der Waals surface area contributed by atoms with E-state index in [-0.39, 0.29) is 6.04 Å². The number of fused-ring (bicyclic) bond motifs is 1. The van der Waals surface area contributed by atoms with Crippen LogP contribution in [0.15, 0.2) is 18.5 Å². The first-order chi connectivity index (χ1) is 9.31. The molecule has 104 valence electrons. The first-order valence-corrected chi connectivity index (χ1v) is 7.64. The Labute approximate surface area is 115 Å². The maximum Gasteiger partial charge on any atom is 0.137 e. The molecule has 1 aromatic heterocycles. The van der Waals surface area contributed by atoms with E-state index in [0.717, 1.165) is 36.2 Å². The number of rotatable bonds is 5. The zero-order chi connectivity index (χ0) is 13.2. The van der Waals surface area contributed by atoms with Crippen molar-refractivity contribution in [3.63, 3.8) is 0 Å². The Morgan fingerprint density at radius 3 is 2.74 bits per heavy atom. The van der Waals surface area contributed by atoms with Crippen LogP contribution in [0, 0.1) is 17.8 Å². The normalized spacial score (nSPS) is 30.5. The fourth-order valence-electron chi connectivity index (χ4n) is 3.72. The van der Waals surface area contributed by atoms with Gasteiger partial charge in [-0.2, -0.15) is 0 Å². The van der Waals surface area contributed by atoms with E-state index in [1.807, 2.05) is 6.20 Å². The zero-order valence-corrected chi connectivity index (χ0v) is 11.7. The zero-order valence-electron chi connectivity index (χ0n) is 11.7. The highest BCUT2D eigenvalue weighted by atomic mass is 16.5. The molecule has 3 heteroatoms. The Morgan fingerprint density at radius 2 is 2.05 bits per heavy atom. The third-order valence-corrected chi connectivity index (χ3v) is 4.73. The molecule has 0 bridgehead atoms. The molecular weight excluding hydrogens is 236 g/mol. The molecule has 3 unspecified atom stereocenters. The van der Waals surface area contributed by atoms with E-state index in [1.165, 1.54) is 25.7 Å². The number of hydrogen-bond acceptors (Lipinski definition) is 3. The third-order valence-electron chi connectivity index (χ3n) is 4.73. The third kappa shape index (κ3) is 2.62. The van der Waals surface area contributed by atoms with Crippen LogP contribution in [0.4, 0.5) is 0 Å². The molecule has 19 heavy (non-hydrogen) atoms. The molecule has 2 fully saturated rings. The minimum atomic E-state index is 0.144. The van der Waals surface area contributed by atoms with Crippen molar-refractivity contribution >= 4 is 0 Å². The van der Waals surface area contributed by atoms with Crippen LogP contribution in [-0.2, 0) is 0 Å². The molecule has 2 saturated carbocycles. The van der Waals surface area contributed by atoms with Crippen molar-refractivity contribution in [3.05, 3.63) is 24.0 Å². The second-order valence-electron chi connectivity index (χ2n) is 6.02. The van der Waals surface area contributed by atoms with Gasteiger partial charge in [0.15, 0.2) is 0 Å². The minimum Gasteiger partial charge on any atom is -0.492 e. The maximum atomic E-state index is 6.46. The lowest BCUT2D eigenvalue weighted by atomic mass is 10.0. The lowest BCUT2D eigenvalue weighted by Crippen LogP contribution is -2.15. The predicted octanol–water partition coefficient (Wildman–Crippen LogP) is 3.31. The number of hydrogen-bond donors (Lipinski definition) is 1. The summed E-state index contributed by atoms with van der Waals surface area (Å²) in [6, 6.07) is 2.23. The van der Waals surface area contributed by atoms with Gasteiger partial charge in [0.05, 0.1) is 12.8 Å². The highest BCUT2D eigenvalue weighted by Gasteiger charge is 2.53. The van der Waals surface area contributed by atoms with Crippen molar-refractivity contribution in [1.29, 1.82) is 0 Å². The van der Waals surface area contributed by atoms with Crippen molar-refractivity contribution in [1.82, 2.24) is 4.98 Å². The summed E-state index contributed by atoms with van der Waals surface area (Å²) in [6.07, 6.45) is 10.2. The second-order valence-corrected chi connectivity index (χ2v) is 6.02. The molecular formula is C16H24N2O. The molecule has 2 aliphatic carbocycles. The Balaban J connectivity index is 1.68. The smallest absolute Gasteiger partial charge is 0.137 e. The summed E-state index contributed by atoms with van der Waals surface area (Å²) in [5.41, 5.74) is 7.61. The standard InChI is InChI=1S/C16H24N2O/c1-2-7-19-12-8-11(9-18-10-12)16(17)15-13-5-3-4-6-14(13)15/h8-10,13-16H,2-7,17H2,1H3. The lowest BCUT2D eigenvalue weighted by Gasteiger charge is -2.13.